The Bertz CT molecular complexity index is 3370. The topological polar surface area (TPSA) is 54.8 Å². The Hall–Kier alpha value is -7.50. The average molecular weight is 717 g/mol. The first-order valence-electron chi connectivity index (χ1n) is 19.0. The van der Waals surface area contributed by atoms with Crippen molar-refractivity contribution in [2.45, 2.75) is 6.17 Å². The van der Waals surface area contributed by atoms with E-state index in [1.54, 1.807) is 0 Å². The maximum absolute atomic E-state index is 6.95. The highest BCUT2D eigenvalue weighted by molar-refractivity contribution is 6.29. The lowest BCUT2D eigenvalue weighted by Crippen LogP contribution is -2.36. The third kappa shape index (κ3) is 4.61. The van der Waals surface area contributed by atoms with Gasteiger partial charge in [0.25, 0.3) is 0 Å². The number of para-hydroxylation sites is 1. The molecule has 2 aromatic heterocycles. The van der Waals surface area contributed by atoms with Crippen molar-refractivity contribution in [1.29, 1.82) is 0 Å². The quantitative estimate of drug-likeness (QED) is 0.197. The van der Waals surface area contributed by atoms with Crippen LogP contribution in [0.3, 0.4) is 0 Å². The number of aromatic nitrogens is 1. The fraction of sp³-hybridized carbons (Fsp3) is 0.0196. The Morgan fingerprint density at radius 2 is 1.04 bits per heavy atom. The lowest BCUT2D eigenvalue weighted by atomic mass is 10.00. The second kappa shape index (κ2) is 12.0. The maximum atomic E-state index is 6.95. The minimum absolute atomic E-state index is 0.507. The van der Waals surface area contributed by atoms with E-state index in [0.717, 1.165) is 72.4 Å². The van der Waals surface area contributed by atoms with E-state index in [1.165, 1.54) is 37.7 Å². The van der Waals surface area contributed by atoms with Crippen molar-refractivity contribution in [1.82, 2.24) is 9.88 Å². The summed E-state index contributed by atoms with van der Waals surface area (Å²) < 4.78 is 9.34. The molecule has 0 radical (unpaired) electrons. The summed E-state index contributed by atoms with van der Waals surface area (Å²) in [6.07, 6.45) is -0.507. The Morgan fingerprint density at radius 1 is 0.446 bits per heavy atom. The third-order valence-corrected chi connectivity index (χ3v) is 11.4. The first kappa shape index (κ1) is 30.9. The summed E-state index contributed by atoms with van der Waals surface area (Å²) >= 11 is 0. The van der Waals surface area contributed by atoms with E-state index in [1.807, 2.05) is 18.2 Å². The zero-order valence-corrected chi connectivity index (χ0v) is 30.1. The Kier molecular flexibility index (Phi) is 6.63. The third-order valence-electron chi connectivity index (χ3n) is 11.4. The monoisotopic (exact) mass is 716 g/mol. The van der Waals surface area contributed by atoms with Gasteiger partial charge in [-0.1, -0.05) is 152 Å². The molecular formula is C51H32N4O. The van der Waals surface area contributed by atoms with Gasteiger partial charge in [-0.3, -0.25) is 0 Å². The molecule has 0 bridgehead atoms. The molecule has 56 heavy (non-hydrogen) atoms. The summed E-state index contributed by atoms with van der Waals surface area (Å²) in [4.78, 5) is 10.6. The molecule has 9 aromatic carbocycles. The zero-order valence-electron chi connectivity index (χ0n) is 30.1. The van der Waals surface area contributed by atoms with Crippen molar-refractivity contribution in [3.8, 4) is 5.69 Å². The van der Waals surface area contributed by atoms with Crippen LogP contribution in [0.25, 0.3) is 81.7 Å². The molecule has 1 atom stereocenters. The van der Waals surface area contributed by atoms with Gasteiger partial charge in [0.05, 0.1) is 16.7 Å². The molecular weight excluding hydrogens is 685 g/mol. The molecule has 0 fully saturated rings. The standard InChI is InChI=1S/C51H32N4O/c1-2-15-34(16-3-1)49-52-50(36-25-24-31-12-4-5-17-35(31)30-36)54-51(53-49)40-21-11-23-44-45(40)39-20-10-22-43(48(39)56-44)55-41-28-26-32-13-6-8-18-37(32)46(41)47-38-19-9-7-14-33(38)27-29-42(47)55/h1-30,51H,(H,52,53,54). The van der Waals surface area contributed by atoms with Gasteiger partial charge >= 0.3 is 0 Å². The molecule has 0 spiro atoms. The van der Waals surface area contributed by atoms with E-state index in [4.69, 9.17) is 14.4 Å². The van der Waals surface area contributed by atoms with Crippen LogP contribution in [-0.4, -0.2) is 16.2 Å². The second-order valence-electron chi connectivity index (χ2n) is 14.6. The van der Waals surface area contributed by atoms with Crippen LogP contribution in [0.1, 0.15) is 22.9 Å². The SMILES string of the molecule is c1ccc(C2=NC(c3cccc4oc5c(-n6c7ccc8ccccc8c7c7c8ccccc8ccc76)cccc5c34)N=C(c3ccc4ccccc4c3)N2)cc1. The lowest BCUT2D eigenvalue weighted by molar-refractivity contribution is 0.665. The first-order valence-corrected chi connectivity index (χ1v) is 19.0. The van der Waals surface area contributed by atoms with E-state index in [-0.39, 0.29) is 0 Å². The Morgan fingerprint density at radius 3 is 1.77 bits per heavy atom. The number of fused-ring (bicyclic) bond motifs is 11. The number of aliphatic imine (C=N–C) groups is 2. The molecule has 0 amide bonds. The van der Waals surface area contributed by atoms with Gasteiger partial charge < -0.3 is 14.3 Å². The molecule has 11 aromatic rings. The number of hydrogen-bond donors (Lipinski definition) is 1. The summed E-state index contributed by atoms with van der Waals surface area (Å²) in [7, 11) is 0. The van der Waals surface area contributed by atoms with Crippen LogP contribution in [0.15, 0.2) is 196 Å². The molecule has 0 aliphatic carbocycles. The van der Waals surface area contributed by atoms with E-state index in [2.05, 4.69) is 174 Å². The van der Waals surface area contributed by atoms with Gasteiger partial charge in [0.1, 0.15) is 17.3 Å². The summed E-state index contributed by atoms with van der Waals surface area (Å²) in [6, 6.07) is 64.3. The molecule has 1 aliphatic rings. The highest BCUT2D eigenvalue weighted by atomic mass is 16.3. The highest BCUT2D eigenvalue weighted by Crippen LogP contribution is 2.44. The summed E-state index contributed by atoms with van der Waals surface area (Å²) in [5.41, 5.74) is 7.92. The largest absolute Gasteiger partial charge is 0.454 e. The molecule has 0 saturated carbocycles. The van der Waals surface area contributed by atoms with E-state index >= 15 is 0 Å². The van der Waals surface area contributed by atoms with Crippen molar-refractivity contribution in [3.05, 3.63) is 199 Å². The first-order chi connectivity index (χ1) is 27.8. The van der Waals surface area contributed by atoms with Crippen LogP contribution < -0.4 is 5.32 Å². The Labute approximate surface area is 321 Å². The number of rotatable bonds is 4. The zero-order chi connectivity index (χ0) is 36.7. The normalized spacial score (nSPS) is 14.6. The smallest absolute Gasteiger partial charge is 0.170 e. The van der Waals surface area contributed by atoms with Crippen molar-refractivity contribution in [2.24, 2.45) is 9.98 Å². The van der Waals surface area contributed by atoms with Gasteiger partial charge in [-0.15, -0.1) is 0 Å². The molecule has 5 heteroatoms. The molecule has 1 N–H and O–H groups in total. The van der Waals surface area contributed by atoms with E-state index in [0.29, 0.717) is 0 Å². The van der Waals surface area contributed by atoms with Crippen LogP contribution in [0.5, 0.6) is 0 Å². The average Bonchev–Trinajstić information content (AvgIpc) is 3.83. The molecule has 1 aliphatic heterocycles. The highest BCUT2D eigenvalue weighted by Gasteiger charge is 2.26. The Balaban J connectivity index is 1.10. The second-order valence-corrected chi connectivity index (χ2v) is 14.6. The molecule has 0 saturated heterocycles. The van der Waals surface area contributed by atoms with Crippen molar-refractivity contribution < 1.29 is 4.42 Å². The van der Waals surface area contributed by atoms with E-state index in [9.17, 15) is 0 Å². The van der Waals surface area contributed by atoms with Crippen LogP contribution >= 0.6 is 0 Å². The minimum atomic E-state index is -0.507. The summed E-state index contributed by atoms with van der Waals surface area (Å²) in [5.74, 6) is 1.56. The summed E-state index contributed by atoms with van der Waals surface area (Å²) in [5, 5.41) is 15.4. The van der Waals surface area contributed by atoms with Gasteiger partial charge in [0.2, 0.25) is 0 Å². The van der Waals surface area contributed by atoms with Crippen molar-refractivity contribution in [3.63, 3.8) is 0 Å². The fourth-order valence-corrected chi connectivity index (χ4v) is 8.87. The number of amidine groups is 2. The van der Waals surface area contributed by atoms with Crippen molar-refractivity contribution >= 4 is 87.7 Å². The van der Waals surface area contributed by atoms with Crippen LogP contribution in [0, 0.1) is 0 Å². The van der Waals surface area contributed by atoms with Gasteiger partial charge in [0, 0.05) is 38.2 Å². The van der Waals surface area contributed by atoms with Crippen molar-refractivity contribution in [2.75, 3.05) is 0 Å². The van der Waals surface area contributed by atoms with Crippen LogP contribution in [0.4, 0.5) is 0 Å². The van der Waals surface area contributed by atoms with Crippen LogP contribution in [-0.2, 0) is 0 Å². The number of nitrogens with zero attached hydrogens (tertiary/aromatic N) is 3. The van der Waals surface area contributed by atoms with Gasteiger partial charge in [-0.2, -0.15) is 0 Å². The van der Waals surface area contributed by atoms with Gasteiger partial charge in [-0.05, 0) is 62.6 Å². The molecule has 262 valence electrons. The minimum Gasteiger partial charge on any atom is -0.454 e. The fourth-order valence-electron chi connectivity index (χ4n) is 8.87. The molecule has 12 rings (SSSR count). The number of hydrogen-bond acceptors (Lipinski definition) is 4. The lowest BCUT2D eigenvalue weighted by Gasteiger charge is -2.23. The van der Waals surface area contributed by atoms with Gasteiger partial charge in [0.15, 0.2) is 11.7 Å². The van der Waals surface area contributed by atoms with E-state index < -0.39 is 6.17 Å². The van der Waals surface area contributed by atoms with Crippen LogP contribution in [0.2, 0.25) is 0 Å². The number of benzene rings is 9. The van der Waals surface area contributed by atoms with Gasteiger partial charge in [-0.25, -0.2) is 9.98 Å². The molecule has 5 nitrogen and oxygen atoms in total. The predicted molar refractivity (Wildman–Crippen MR) is 232 cm³/mol. The predicted octanol–water partition coefficient (Wildman–Crippen LogP) is 12.6. The summed E-state index contributed by atoms with van der Waals surface area (Å²) in [6.45, 7) is 0. The number of furan rings is 1. The maximum Gasteiger partial charge on any atom is 0.170 e. The molecule has 3 heterocycles. The number of nitrogens with one attached hydrogen (secondary N) is 1. The molecule has 1 unspecified atom stereocenters.